The van der Waals surface area contributed by atoms with Crippen LogP contribution < -0.4 is 5.32 Å². The fourth-order valence-corrected chi connectivity index (χ4v) is 2.55. The van der Waals surface area contributed by atoms with Gasteiger partial charge in [-0.2, -0.15) is 5.10 Å². The minimum atomic E-state index is -0.184. The predicted molar refractivity (Wildman–Crippen MR) is 73.1 cm³/mol. The van der Waals surface area contributed by atoms with E-state index in [0.717, 1.165) is 14.5 Å². The molecular weight excluding hydrogens is 350 g/mol. The number of carbonyl (C=O) groups is 1. The molecule has 4 nitrogen and oxygen atoms in total. The molecule has 0 bridgehead atoms. The molecule has 88 valence electrons. The van der Waals surface area contributed by atoms with Crippen molar-refractivity contribution in [3.8, 4) is 0 Å². The van der Waals surface area contributed by atoms with Crippen molar-refractivity contribution in [1.82, 2.24) is 10.2 Å². The van der Waals surface area contributed by atoms with Crippen molar-refractivity contribution in [3.63, 3.8) is 0 Å². The summed E-state index contributed by atoms with van der Waals surface area (Å²) in [4.78, 5) is 12.0. The molecule has 0 radical (unpaired) electrons. The van der Waals surface area contributed by atoms with Crippen LogP contribution in [0.5, 0.6) is 0 Å². The Morgan fingerprint density at radius 3 is 2.76 bits per heavy atom. The number of carbonyl (C=O) groups excluding carboxylic acids is 1. The maximum absolute atomic E-state index is 12.0. The highest BCUT2D eigenvalue weighted by Gasteiger charge is 2.12. The van der Waals surface area contributed by atoms with Gasteiger partial charge in [-0.1, -0.05) is 15.9 Å². The maximum atomic E-state index is 12.0. The molecule has 0 aliphatic heterocycles. The Labute approximate surface area is 115 Å². The molecule has 6 heteroatoms. The summed E-state index contributed by atoms with van der Waals surface area (Å²) in [6, 6.07) is 5.39. The van der Waals surface area contributed by atoms with Crippen LogP contribution in [0, 0.1) is 6.92 Å². The van der Waals surface area contributed by atoms with Crippen molar-refractivity contribution in [2.75, 3.05) is 5.32 Å². The number of anilines is 1. The molecule has 17 heavy (non-hydrogen) atoms. The third-order valence-corrected chi connectivity index (χ3v) is 3.39. The molecule has 0 saturated carbocycles. The lowest BCUT2D eigenvalue weighted by Gasteiger charge is -2.06. The zero-order valence-electron chi connectivity index (χ0n) is 8.92. The summed E-state index contributed by atoms with van der Waals surface area (Å²) in [5.74, 6) is 0.432. The van der Waals surface area contributed by atoms with Gasteiger partial charge in [0.2, 0.25) is 0 Å². The molecule has 2 aromatic rings. The number of benzene rings is 1. The summed E-state index contributed by atoms with van der Waals surface area (Å²) in [6.07, 6.45) is 1.66. The number of nitrogens with one attached hydrogen (secondary N) is 2. The van der Waals surface area contributed by atoms with Gasteiger partial charge in [0.15, 0.2) is 0 Å². The Balaban J connectivity index is 2.23. The van der Waals surface area contributed by atoms with Gasteiger partial charge in [-0.05, 0) is 41.1 Å². The van der Waals surface area contributed by atoms with Crippen molar-refractivity contribution in [2.45, 2.75) is 6.92 Å². The molecule has 0 unspecified atom stereocenters. The normalized spacial score (nSPS) is 10.3. The highest BCUT2D eigenvalue weighted by Crippen LogP contribution is 2.23. The molecule has 2 N–H and O–H groups in total. The van der Waals surface area contributed by atoms with E-state index < -0.39 is 0 Å². The summed E-state index contributed by atoms with van der Waals surface area (Å²) in [5, 5.41) is 9.34. The summed E-state index contributed by atoms with van der Waals surface area (Å²) in [6.45, 7) is 1.87. The van der Waals surface area contributed by atoms with E-state index in [2.05, 4.69) is 47.4 Å². The Bertz CT molecular complexity index is 566. The lowest BCUT2D eigenvalue weighted by Crippen LogP contribution is -2.13. The summed E-state index contributed by atoms with van der Waals surface area (Å²) in [5.41, 5.74) is 1.47. The molecule has 1 heterocycles. The Morgan fingerprint density at radius 1 is 1.41 bits per heavy atom. The van der Waals surface area contributed by atoms with Crippen LogP contribution in [0.15, 0.2) is 33.3 Å². The topological polar surface area (TPSA) is 57.8 Å². The second kappa shape index (κ2) is 5.01. The lowest BCUT2D eigenvalue weighted by molar-refractivity contribution is 0.102. The molecule has 2 rings (SSSR count). The van der Waals surface area contributed by atoms with E-state index in [1.165, 1.54) is 0 Å². The van der Waals surface area contributed by atoms with E-state index >= 15 is 0 Å². The number of aryl methyl sites for hydroxylation is 1. The molecule has 0 spiro atoms. The summed E-state index contributed by atoms with van der Waals surface area (Å²) < 4.78 is 1.65. The van der Waals surface area contributed by atoms with Crippen molar-refractivity contribution in [2.24, 2.45) is 0 Å². The molecule has 0 aliphatic rings. The Morgan fingerprint density at radius 2 is 2.18 bits per heavy atom. The fraction of sp³-hybridized carbons (Fsp3) is 0.0909. The minimum absolute atomic E-state index is 0.184. The van der Waals surface area contributed by atoms with Crippen LogP contribution in [-0.4, -0.2) is 16.1 Å². The van der Waals surface area contributed by atoms with Crippen LogP contribution in [0.25, 0.3) is 0 Å². The number of rotatable bonds is 2. The largest absolute Gasteiger partial charge is 0.307 e. The maximum Gasteiger partial charge on any atom is 0.257 e. The SMILES string of the molecule is Cc1cn[nH]c1NC(=O)c1ccc(Br)cc1Br. The summed E-state index contributed by atoms with van der Waals surface area (Å²) >= 11 is 6.69. The van der Waals surface area contributed by atoms with Crippen molar-refractivity contribution < 1.29 is 4.79 Å². The van der Waals surface area contributed by atoms with Gasteiger partial charge in [-0.3, -0.25) is 9.89 Å². The molecule has 0 aliphatic carbocycles. The van der Waals surface area contributed by atoms with Gasteiger partial charge in [0, 0.05) is 14.5 Å². The number of hydrogen-bond acceptors (Lipinski definition) is 2. The second-order valence-corrected chi connectivity index (χ2v) is 5.28. The lowest BCUT2D eigenvalue weighted by atomic mass is 10.2. The first-order valence-corrected chi connectivity index (χ1v) is 6.43. The van der Waals surface area contributed by atoms with Crippen LogP contribution in [0.1, 0.15) is 15.9 Å². The molecule has 0 fully saturated rings. The quantitative estimate of drug-likeness (QED) is 0.863. The second-order valence-electron chi connectivity index (χ2n) is 3.51. The number of nitrogens with zero attached hydrogens (tertiary/aromatic N) is 1. The van der Waals surface area contributed by atoms with Crippen molar-refractivity contribution >= 4 is 43.6 Å². The standard InChI is InChI=1S/C11H9Br2N3O/c1-6-5-14-16-10(6)15-11(17)8-3-2-7(12)4-9(8)13/h2-5H,1H3,(H2,14,15,16,17). The van der Waals surface area contributed by atoms with E-state index in [9.17, 15) is 4.79 Å². The number of aromatic amines is 1. The van der Waals surface area contributed by atoms with Gasteiger partial charge in [-0.25, -0.2) is 0 Å². The number of H-pyrrole nitrogens is 1. The highest BCUT2D eigenvalue weighted by molar-refractivity contribution is 9.11. The minimum Gasteiger partial charge on any atom is -0.307 e. The van der Waals surface area contributed by atoms with E-state index in [1.54, 1.807) is 12.3 Å². The number of halogens is 2. The van der Waals surface area contributed by atoms with Gasteiger partial charge in [-0.15, -0.1) is 0 Å². The first kappa shape index (κ1) is 12.3. The third kappa shape index (κ3) is 2.76. The Kier molecular flexibility index (Phi) is 3.63. The van der Waals surface area contributed by atoms with Gasteiger partial charge in [0.05, 0.1) is 11.8 Å². The number of aromatic nitrogens is 2. The van der Waals surface area contributed by atoms with Crippen LogP contribution in [-0.2, 0) is 0 Å². The van der Waals surface area contributed by atoms with E-state index in [4.69, 9.17) is 0 Å². The number of amides is 1. The third-order valence-electron chi connectivity index (χ3n) is 2.24. The Hall–Kier alpha value is -1.14. The molecule has 1 aromatic heterocycles. The van der Waals surface area contributed by atoms with Crippen molar-refractivity contribution in [3.05, 3.63) is 44.5 Å². The predicted octanol–water partition coefficient (Wildman–Crippen LogP) is 3.50. The zero-order chi connectivity index (χ0) is 12.4. The first-order chi connectivity index (χ1) is 8.08. The number of hydrogen-bond donors (Lipinski definition) is 2. The summed E-state index contributed by atoms with van der Waals surface area (Å²) in [7, 11) is 0. The first-order valence-electron chi connectivity index (χ1n) is 4.84. The smallest absolute Gasteiger partial charge is 0.257 e. The molecular formula is C11H9Br2N3O. The van der Waals surface area contributed by atoms with Gasteiger partial charge < -0.3 is 5.32 Å². The van der Waals surface area contributed by atoms with Crippen LogP contribution in [0.2, 0.25) is 0 Å². The average molecular weight is 359 g/mol. The fourth-order valence-electron chi connectivity index (χ4n) is 1.33. The molecule has 1 aromatic carbocycles. The van der Waals surface area contributed by atoms with E-state index in [0.29, 0.717) is 11.4 Å². The highest BCUT2D eigenvalue weighted by atomic mass is 79.9. The molecule has 0 saturated heterocycles. The van der Waals surface area contributed by atoms with Gasteiger partial charge in [0.1, 0.15) is 5.82 Å². The molecule has 0 atom stereocenters. The zero-order valence-corrected chi connectivity index (χ0v) is 12.1. The van der Waals surface area contributed by atoms with Crippen LogP contribution >= 0.6 is 31.9 Å². The average Bonchev–Trinajstić information content (AvgIpc) is 2.64. The van der Waals surface area contributed by atoms with E-state index in [-0.39, 0.29) is 5.91 Å². The van der Waals surface area contributed by atoms with Crippen LogP contribution in [0.4, 0.5) is 5.82 Å². The van der Waals surface area contributed by atoms with Crippen molar-refractivity contribution in [1.29, 1.82) is 0 Å². The van der Waals surface area contributed by atoms with Crippen LogP contribution in [0.3, 0.4) is 0 Å². The monoisotopic (exact) mass is 357 g/mol. The van der Waals surface area contributed by atoms with Gasteiger partial charge >= 0.3 is 0 Å². The molecule has 1 amide bonds. The van der Waals surface area contributed by atoms with E-state index in [1.807, 2.05) is 19.1 Å². The van der Waals surface area contributed by atoms with Gasteiger partial charge in [0.25, 0.3) is 5.91 Å².